The minimum absolute atomic E-state index is 0.0511. The molecule has 0 spiro atoms. The zero-order valence-electron chi connectivity index (χ0n) is 13.9. The van der Waals surface area contributed by atoms with Gasteiger partial charge in [-0.15, -0.1) is 0 Å². The van der Waals surface area contributed by atoms with E-state index in [0.717, 1.165) is 30.6 Å². The Labute approximate surface area is 141 Å². The predicted molar refractivity (Wildman–Crippen MR) is 88.0 cm³/mol. The first-order chi connectivity index (χ1) is 11.5. The number of benzene rings is 1. The zero-order chi connectivity index (χ0) is 17.0. The van der Waals surface area contributed by atoms with E-state index in [-0.39, 0.29) is 18.9 Å². The lowest BCUT2D eigenvalue weighted by Crippen LogP contribution is -2.38. The Kier molecular flexibility index (Phi) is 5.69. The predicted octanol–water partition coefficient (Wildman–Crippen LogP) is 5.22. The van der Waals surface area contributed by atoms with Crippen molar-refractivity contribution in [1.29, 1.82) is 0 Å². The average molecular weight is 341 g/mol. The Morgan fingerprint density at radius 3 is 2.58 bits per heavy atom. The van der Waals surface area contributed by atoms with Crippen molar-refractivity contribution in [3.05, 3.63) is 29.8 Å². The van der Waals surface area contributed by atoms with Crippen molar-refractivity contribution in [1.82, 2.24) is 5.32 Å². The molecule has 0 bridgehead atoms. The molecular formula is C19H26F3NO. The van der Waals surface area contributed by atoms with Crippen molar-refractivity contribution < 1.29 is 17.9 Å². The maximum Gasteiger partial charge on any atom is 0.391 e. The van der Waals surface area contributed by atoms with Gasteiger partial charge in [0.25, 0.3) is 0 Å². The molecule has 1 aromatic rings. The van der Waals surface area contributed by atoms with E-state index in [1.54, 1.807) is 0 Å². The summed E-state index contributed by atoms with van der Waals surface area (Å²) in [6.45, 7) is 0.594. The second-order valence-electron chi connectivity index (χ2n) is 7.15. The molecule has 5 heteroatoms. The van der Waals surface area contributed by atoms with Gasteiger partial charge in [0.2, 0.25) is 0 Å². The third-order valence-corrected chi connectivity index (χ3v) is 5.24. The molecule has 2 saturated carbocycles. The molecule has 1 N–H and O–H groups in total. The highest BCUT2D eigenvalue weighted by Gasteiger charge is 2.41. The number of hydrogen-bond acceptors (Lipinski definition) is 2. The third kappa shape index (κ3) is 4.88. The van der Waals surface area contributed by atoms with Gasteiger partial charge in [-0.05, 0) is 62.6 Å². The molecule has 2 fully saturated rings. The van der Waals surface area contributed by atoms with E-state index < -0.39 is 12.1 Å². The Morgan fingerprint density at radius 2 is 1.83 bits per heavy atom. The molecule has 3 rings (SSSR count). The van der Waals surface area contributed by atoms with E-state index in [2.05, 4.69) is 5.32 Å². The Bertz CT molecular complexity index is 526. The molecule has 24 heavy (non-hydrogen) atoms. The van der Waals surface area contributed by atoms with Gasteiger partial charge >= 0.3 is 6.18 Å². The molecule has 2 atom stereocenters. The lowest BCUT2D eigenvalue weighted by molar-refractivity contribution is -0.183. The fraction of sp³-hybridized carbons (Fsp3) is 0.684. The number of halogens is 3. The van der Waals surface area contributed by atoms with Crippen LogP contribution in [0.5, 0.6) is 5.75 Å². The summed E-state index contributed by atoms with van der Waals surface area (Å²) in [5.41, 5.74) is 1.07. The topological polar surface area (TPSA) is 21.3 Å². The fourth-order valence-electron chi connectivity index (χ4n) is 3.86. The van der Waals surface area contributed by atoms with E-state index in [4.69, 9.17) is 4.74 Å². The van der Waals surface area contributed by atoms with Gasteiger partial charge < -0.3 is 10.1 Å². The van der Waals surface area contributed by atoms with Crippen LogP contribution in [-0.2, 0) is 6.54 Å². The van der Waals surface area contributed by atoms with Gasteiger partial charge in [-0.25, -0.2) is 0 Å². The van der Waals surface area contributed by atoms with E-state index in [0.29, 0.717) is 19.1 Å². The van der Waals surface area contributed by atoms with Crippen LogP contribution in [0, 0.1) is 5.92 Å². The summed E-state index contributed by atoms with van der Waals surface area (Å²) in [5, 5.41) is 3.31. The molecule has 0 aliphatic heterocycles. The molecule has 0 aromatic heterocycles. The minimum atomic E-state index is -4.06. The van der Waals surface area contributed by atoms with Crippen molar-refractivity contribution in [3.63, 3.8) is 0 Å². The average Bonchev–Trinajstić information content (AvgIpc) is 3.06. The number of rotatable bonds is 5. The van der Waals surface area contributed by atoms with Gasteiger partial charge in [0.15, 0.2) is 0 Å². The van der Waals surface area contributed by atoms with Crippen molar-refractivity contribution in [2.75, 3.05) is 0 Å². The summed E-state index contributed by atoms with van der Waals surface area (Å²) in [6.07, 6.45) is 2.88. The highest BCUT2D eigenvalue weighted by Crippen LogP contribution is 2.37. The lowest BCUT2D eigenvalue weighted by atomic mass is 9.85. The summed E-state index contributed by atoms with van der Waals surface area (Å²) >= 11 is 0. The highest BCUT2D eigenvalue weighted by atomic mass is 19.4. The fourth-order valence-corrected chi connectivity index (χ4v) is 3.86. The van der Waals surface area contributed by atoms with E-state index in [1.807, 2.05) is 24.3 Å². The molecular weight excluding hydrogens is 315 g/mol. The van der Waals surface area contributed by atoms with Crippen LogP contribution in [0.2, 0.25) is 0 Å². The second kappa shape index (κ2) is 7.77. The molecule has 2 aliphatic rings. The van der Waals surface area contributed by atoms with Crippen molar-refractivity contribution >= 4 is 0 Å². The van der Waals surface area contributed by atoms with Gasteiger partial charge in [-0.2, -0.15) is 13.2 Å². The van der Waals surface area contributed by atoms with Crippen molar-refractivity contribution in [2.24, 2.45) is 5.92 Å². The SMILES string of the molecule is FC(F)(F)[C@H]1CCC[C@@H](NCc2cccc(OC3CCCC3)c2)C1. The Hall–Kier alpha value is -1.23. The number of hydrogen-bond donors (Lipinski definition) is 1. The van der Waals surface area contributed by atoms with Crippen LogP contribution < -0.4 is 10.1 Å². The van der Waals surface area contributed by atoms with Crippen LogP contribution in [0.1, 0.15) is 56.9 Å². The van der Waals surface area contributed by atoms with Crippen LogP contribution in [0.4, 0.5) is 13.2 Å². The van der Waals surface area contributed by atoms with E-state index >= 15 is 0 Å². The van der Waals surface area contributed by atoms with Crippen molar-refractivity contribution in [2.45, 2.75) is 76.2 Å². The summed E-state index contributed by atoms with van der Waals surface area (Å²) < 4.78 is 44.6. The smallest absolute Gasteiger partial charge is 0.391 e. The minimum Gasteiger partial charge on any atom is -0.490 e. The molecule has 0 unspecified atom stereocenters. The largest absolute Gasteiger partial charge is 0.490 e. The quantitative estimate of drug-likeness (QED) is 0.793. The second-order valence-corrected chi connectivity index (χ2v) is 7.15. The first-order valence-corrected chi connectivity index (χ1v) is 9.06. The van der Waals surface area contributed by atoms with Crippen LogP contribution in [0.15, 0.2) is 24.3 Å². The number of alkyl halides is 3. The molecule has 2 aliphatic carbocycles. The third-order valence-electron chi connectivity index (χ3n) is 5.24. The maximum absolute atomic E-state index is 12.9. The number of nitrogens with one attached hydrogen (secondary N) is 1. The van der Waals surface area contributed by atoms with E-state index in [1.165, 1.54) is 12.8 Å². The van der Waals surface area contributed by atoms with Crippen LogP contribution in [0.3, 0.4) is 0 Å². The van der Waals surface area contributed by atoms with Gasteiger partial charge in [0.1, 0.15) is 5.75 Å². The summed E-state index contributed by atoms with van der Waals surface area (Å²) in [4.78, 5) is 0. The Balaban J connectivity index is 1.50. The molecule has 0 amide bonds. The van der Waals surface area contributed by atoms with Gasteiger partial charge in [0.05, 0.1) is 12.0 Å². The van der Waals surface area contributed by atoms with Gasteiger partial charge in [-0.1, -0.05) is 18.6 Å². The first-order valence-electron chi connectivity index (χ1n) is 9.06. The molecule has 1 aromatic carbocycles. The molecule has 2 nitrogen and oxygen atoms in total. The van der Waals surface area contributed by atoms with Crippen LogP contribution in [0.25, 0.3) is 0 Å². The molecule has 0 heterocycles. The Morgan fingerprint density at radius 1 is 1.04 bits per heavy atom. The summed E-state index contributed by atoms with van der Waals surface area (Å²) in [5.74, 6) is -0.279. The summed E-state index contributed by atoms with van der Waals surface area (Å²) in [6, 6.07) is 7.88. The molecule has 0 saturated heterocycles. The van der Waals surface area contributed by atoms with Crippen LogP contribution in [-0.4, -0.2) is 18.3 Å². The van der Waals surface area contributed by atoms with Crippen LogP contribution >= 0.6 is 0 Å². The monoisotopic (exact) mass is 341 g/mol. The summed E-state index contributed by atoms with van der Waals surface area (Å²) in [7, 11) is 0. The van der Waals surface area contributed by atoms with Gasteiger partial charge in [0, 0.05) is 12.6 Å². The molecule has 134 valence electrons. The lowest BCUT2D eigenvalue weighted by Gasteiger charge is -2.31. The molecule has 0 radical (unpaired) electrons. The first kappa shape index (κ1) is 17.6. The highest BCUT2D eigenvalue weighted by molar-refractivity contribution is 5.28. The number of ether oxygens (including phenoxy) is 1. The van der Waals surface area contributed by atoms with E-state index in [9.17, 15) is 13.2 Å². The zero-order valence-corrected chi connectivity index (χ0v) is 13.9. The van der Waals surface area contributed by atoms with Crippen molar-refractivity contribution in [3.8, 4) is 5.75 Å². The standard InChI is InChI=1S/C19H26F3NO/c20-19(21,22)15-6-4-7-16(12-15)23-13-14-5-3-10-18(11-14)24-17-8-1-2-9-17/h3,5,10-11,15-17,23H,1-2,4,6-9,12-13H2/t15-,16+/m0/s1. The normalized spacial score (nSPS) is 25.8. The maximum atomic E-state index is 12.9. The van der Waals surface area contributed by atoms with Gasteiger partial charge in [-0.3, -0.25) is 0 Å².